The number of aliphatic hydroxyl groups is 1. The molecule has 1 N–H and O–H groups in total. The molecule has 2 aliphatic carbocycles. The van der Waals surface area contributed by atoms with Gasteiger partial charge < -0.3 is 14.6 Å². The van der Waals surface area contributed by atoms with Crippen LogP contribution in [-0.2, 0) is 5.41 Å². The second-order valence-corrected chi connectivity index (χ2v) is 6.96. The molecule has 4 heteroatoms. The van der Waals surface area contributed by atoms with Gasteiger partial charge in [-0.2, -0.15) is 5.26 Å². The van der Waals surface area contributed by atoms with Crippen LogP contribution in [0.3, 0.4) is 0 Å². The highest BCUT2D eigenvalue weighted by Crippen LogP contribution is 2.44. The molecule has 124 valence electrons. The number of ether oxygens (including phenoxy) is 2. The van der Waals surface area contributed by atoms with E-state index in [1.807, 2.05) is 18.2 Å². The van der Waals surface area contributed by atoms with Gasteiger partial charge in [0.05, 0.1) is 25.2 Å². The lowest BCUT2D eigenvalue weighted by molar-refractivity contribution is 0.161. The fraction of sp³-hybridized carbons (Fsp3) is 0.632. The summed E-state index contributed by atoms with van der Waals surface area (Å²) in [5.41, 5.74) is 0.472. The number of hydrogen-bond acceptors (Lipinski definition) is 4. The largest absolute Gasteiger partial charge is 0.493 e. The molecule has 2 aliphatic rings. The molecule has 0 radical (unpaired) electrons. The predicted octanol–water partition coefficient (Wildman–Crippen LogP) is 3.43. The number of nitrogens with zero attached hydrogens (tertiary/aromatic N) is 1. The zero-order valence-corrected chi connectivity index (χ0v) is 13.8. The molecule has 0 heterocycles. The first-order chi connectivity index (χ1) is 11.2. The van der Waals surface area contributed by atoms with Gasteiger partial charge in [-0.3, -0.25) is 0 Å². The van der Waals surface area contributed by atoms with Crippen LogP contribution in [0, 0.1) is 23.2 Å². The van der Waals surface area contributed by atoms with Crippen LogP contribution < -0.4 is 9.47 Å². The Morgan fingerprint density at radius 1 is 1.26 bits per heavy atom. The summed E-state index contributed by atoms with van der Waals surface area (Å²) < 4.78 is 11.3. The van der Waals surface area contributed by atoms with Gasteiger partial charge in [-0.25, -0.2) is 0 Å². The smallest absolute Gasteiger partial charge is 0.161 e. The Morgan fingerprint density at radius 2 is 2.09 bits per heavy atom. The molecule has 0 aromatic heterocycles. The third-order valence-corrected chi connectivity index (χ3v) is 5.21. The number of nitriles is 1. The van der Waals surface area contributed by atoms with Crippen molar-refractivity contribution >= 4 is 0 Å². The Bertz CT molecular complexity index is 591. The van der Waals surface area contributed by atoms with Gasteiger partial charge in [0, 0.05) is 6.61 Å². The maximum atomic E-state index is 9.85. The normalized spacial score (nSPS) is 27.3. The van der Waals surface area contributed by atoms with Crippen LogP contribution in [0.25, 0.3) is 0 Å². The molecule has 0 bridgehead atoms. The van der Waals surface area contributed by atoms with Crippen molar-refractivity contribution in [2.45, 2.75) is 43.9 Å². The summed E-state index contributed by atoms with van der Waals surface area (Å²) in [6.07, 6.45) is 6.01. The summed E-state index contributed by atoms with van der Waals surface area (Å²) in [5, 5.41) is 19.4. The first-order valence-electron chi connectivity index (χ1n) is 8.54. The quantitative estimate of drug-likeness (QED) is 0.873. The van der Waals surface area contributed by atoms with E-state index in [1.54, 1.807) is 7.11 Å². The van der Waals surface area contributed by atoms with Crippen molar-refractivity contribution in [3.05, 3.63) is 23.8 Å². The lowest BCUT2D eigenvalue weighted by atomic mass is 9.67. The molecule has 2 saturated carbocycles. The van der Waals surface area contributed by atoms with E-state index in [2.05, 4.69) is 6.07 Å². The highest BCUT2D eigenvalue weighted by molar-refractivity contribution is 5.47. The standard InChI is InChI=1S/C19H25NO3/c1-22-17-7-6-16(9-18(17)23-12-14-4-5-14)19(13-20)8-2-3-15(10-19)11-21/h6-7,9,14-15,21H,2-5,8,10-12H2,1H3. The lowest BCUT2D eigenvalue weighted by Gasteiger charge is -2.35. The molecule has 2 unspecified atom stereocenters. The first-order valence-corrected chi connectivity index (χ1v) is 8.54. The first kappa shape index (κ1) is 16.1. The summed E-state index contributed by atoms with van der Waals surface area (Å²) in [5.74, 6) is 2.33. The van der Waals surface area contributed by atoms with Crippen molar-refractivity contribution in [3.8, 4) is 17.6 Å². The summed E-state index contributed by atoms with van der Waals surface area (Å²) in [6, 6.07) is 8.39. The Morgan fingerprint density at radius 3 is 2.74 bits per heavy atom. The van der Waals surface area contributed by atoms with Gasteiger partial charge in [-0.05, 0) is 61.6 Å². The van der Waals surface area contributed by atoms with E-state index in [4.69, 9.17) is 9.47 Å². The van der Waals surface area contributed by atoms with Crippen LogP contribution in [0.4, 0.5) is 0 Å². The molecule has 1 aromatic carbocycles. The van der Waals surface area contributed by atoms with E-state index < -0.39 is 5.41 Å². The number of rotatable bonds is 6. The second kappa shape index (κ2) is 6.80. The van der Waals surface area contributed by atoms with E-state index in [1.165, 1.54) is 12.8 Å². The summed E-state index contributed by atoms with van der Waals surface area (Å²) in [7, 11) is 1.64. The molecule has 0 spiro atoms. The topological polar surface area (TPSA) is 62.5 Å². The minimum Gasteiger partial charge on any atom is -0.493 e. The van der Waals surface area contributed by atoms with E-state index in [9.17, 15) is 10.4 Å². The maximum Gasteiger partial charge on any atom is 0.161 e. The van der Waals surface area contributed by atoms with Crippen LogP contribution in [-0.4, -0.2) is 25.4 Å². The Hall–Kier alpha value is -1.73. The second-order valence-electron chi connectivity index (χ2n) is 6.96. The molecule has 0 aliphatic heterocycles. The molecule has 1 aromatic rings. The van der Waals surface area contributed by atoms with Crippen LogP contribution in [0.15, 0.2) is 18.2 Å². The van der Waals surface area contributed by atoms with Crippen molar-refractivity contribution in [1.82, 2.24) is 0 Å². The van der Waals surface area contributed by atoms with Gasteiger partial charge in [0.2, 0.25) is 0 Å². The molecule has 0 saturated heterocycles. The van der Waals surface area contributed by atoms with E-state index >= 15 is 0 Å². The highest BCUT2D eigenvalue weighted by Gasteiger charge is 2.38. The molecular weight excluding hydrogens is 290 g/mol. The van der Waals surface area contributed by atoms with Crippen molar-refractivity contribution < 1.29 is 14.6 Å². The molecule has 3 rings (SSSR count). The average Bonchev–Trinajstić information content (AvgIpc) is 3.44. The van der Waals surface area contributed by atoms with Crippen LogP contribution in [0.2, 0.25) is 0 Å². The predicted molar refractivity (Wildman–Crippen MR) is 87.5 cm³/mol. The van der Waals surface area contributed by atoms with Crippen molar-refractivity contribution in [2.75, 3.05) is 20.3 Å². The van der Waals surface area contributed by atoms with Crippen molar-refractivity contribution in [1.29, 1.82) is 5.26 Å². The van der Waals surface area contributed by atoms with Crippen molar-refractivity contribution in [2.24, 2.45) is 11.8 Å². The summed E-state index contributed by atoms with van der Waals surface area (Å²) in [4.78, 5) is 0. The van der Waals surface area contributed by atoms with Gasteiger partial charge in [-0.1, -0.05) is 12.5 Å². The van der Waals surface area contributed by atoms with Gasteiger partial charge in [0.25, 0.3) is 0 Å². The van der Waals surface area contributed by atoms with E-state index in [-0.39, 0.29) is 12.5 Å². The summed E-state index contributed by atoms with van der Waals surface area (Å²) >= 11 is 0. The lowest BCUT2D eigenvalue weighted by Crippen LogP contribution is -2.32. The Kier molecular flexibility index (Phi) is 4.77. The van der Waals surface area contributed by atoms with Gasteiger partial charge in [-0.15, -0.1) is 0 Å². The monoisotopic (exact) mass is 315 g/mol. The average molecular weight is 315 g/mol. The third-order valence-electron chi connectivity index (χ3n) is 5.21. The molecular formula is C19H25NO3. The minimum absolute atomic E-state index is 0.157. The van der Waals surface area contributed by atoms with E-state index in [0.29, 0.717) is 12.3 Å². The van der Waals surface area contributed by atoms with Crippen LogP contribution >= 0.6 is 0 Å². The zero-order valence-electron chi connectivity index (χ0n) is 13.8. The fourth-order valence-electron chi connectivity index (χ4n) is 3.55. The number of hydrogen-bond donors (Lipinski definition) is 1. The Balaban J connectivity index is 1.87. The number of aliphatic hydroxyl groups excluding tert-OH is 1. The molecule has 0 amide bonds. The highest BCUT2D eigenvalue weighted by atomic mass is 16.5. The molecule has 2 fully saturated rings. The van der Waals surface area contributed by atoms with Crippen molar-refractivity contribution in [3.63, 3.8) is 0 Å². The van der Waals surface area contributed by atoms with Gasteiger partial charge in [0.15, 0.2) is 11.5 Å². The number of benzene rings is 1. The van der Waals surface area contributed by atoms with Gasteiger partial charge >= 0.3 is 0 Å². The Labute approximate surface area is 138 Å². The zero-order chi connectivity index (χ0) is 16.3. The maximum absolute atomic E-state index is 9.85. The molecule has 23 heavy (non-hydrogen) atoms. The molecule has 2 atom stereocenters. The summed E-state index contributed by atoms with van der Waals surface area (Å²) in [6.45, 7) is 0.878. The SMILES string of the molecule is COc1ccc(C2(C#N)CCCC(CO)C2)cc1OCC1CC1. The third kappa shape index (κ3) is 3.45. The fourth-order valence-corrected chi connectivity index (χ4v) is 3.55. The van der Waals surface area contributed by atoms with E-state index in [0.717, 1.165) is 42.9 Å². The minimum atomic E-state index is -0.518. The van der Waals surface area contributed by atoms with Crippen LogP contribution in [0.5, 0.6) is 11.5 Å². The van der Waals surface area contributed by atoms with Crippen LogP contribution in [0.1, 0.15) is 44.1 Å². The molecule has 4 nitrogen and oxygen atoms in total. The van der Waals surface area contributed by atoms with Gasteiger partial charge in [0.1, 0.15) is 0 Å². The number of methoxy groups -OCH3 is 1.